The maximum Gasteiger partial charge on any atom is 0.317 e. The van der Waals surface area contributed by atoms with Crippen molar-refractivity contribution < 1.29 is 9.18 Å². The molecule has 0 bridgehead atoms. The topological polar surface area (TPSA) is 35.6 Å². The Labute approximate surface area is 163 Å². The predicted octanol–water partition coefficient (Wildman–Crippen LogP) is 4.57. The number of piperidine rings is 1. The lowest BCUT2D eigenvalue weighted by Gasteiger charge is -2.62. The van der Waals surface area contributed by atoms with Crippen molar-refractivity contribution >= 4 is 6.03 Å². The van der Waals surface area contributed by atoms with Gasteiger partial charge < -0.3 is 10.2 Å². The van der Waals surface area contributed by atoms with Gasteiger partial charge in [0.1, 0.15) is 5.82 Å². The summed E-state index contributed by atoms with van der Waals surface area (Å²) in [6.07, 6.45) is 3.95. The van der Waals surface area contributed by atoms with Crippen LogP contribution in [0.25, 0.3) is 0 Å². The normalized spacial score (nSPS) is 22.3. The van der Waals surface area contributed by atoms with Crippen molar-refractivity contribution in [3.8, 4) is 0 Å². The van der Waals surface area contributed by atoms with Gasteiger partial charge in [0.05, 0.1) is 0 Å². The summed E-state index contributed by atoms with van der Waals surface area (Å²) in [4.78, 5) is 17.1. The summed E-state index contributed by atoms with van der Waals surface area (Å²) in [5.74, 6) is -0.184. The maximum atomic E-state index is 13.4. The van der Waals surface area contributed by atoms with Crippen molar-refractivity contribution in [1.29, 1.82) is 0 Å². The lowest BCUT2D eigenvalue weighted by atomic mass is 9.62. The standard InChI is InChI=1S/C22H34FN3O/c1-5-19(6-2)24-21(27)25-13-11-22(12-14-25)15-26(16(3)4)20(22)17-7-9-18(23)10-8-17/h7-10,16,19-20H,5-6,11-15H2,1-4H3,(H,24,27). The molecule has 2 heterocycles. The van der Waals surface area contributed by atoms with E-state index in [1.165, 1.54) is 5.56 Å². The van der Waals surface area contributed by atoms with Crippen LogP contribution < -0.4 is 5.32 Å². The molecule has 1 aromatic rings. The Kier molecular flexibility index (Phi) is 6.09. The molecule has 4 nitrogen and oxygen atoms in total. The van der Waals surface area contributed by atoms with Crippen LogP contribution in [0, 0.1) is 11.2 Å². The molecule has 150 valence electrons. The summed E-state index contributed by atoms with van der Waals surface area (Å²) in [6.45, 7) is 11.3. The third-order valence-electron chi connectivity index (χ3n) is 6.62. The number of carbonyl (C=O) groups excluding carboxylic acids is 1. The highest BCUT2D eigenvalue weighted by molar-refractivity contribution is 5.74. The quantitative estimate of drug-likeness (QED) is 0.818. The number of amides is 2. The number of halogens is 1. The molecule has 5 heteroatoms. The first kappa shape index (κ1) is 20.1. The first-order valence-corrected chi connectivity index (χ1v) is 10.5. The first-order valence-electron chi connectivity index (χ1n) is 10.5. The number of hydrogen-bond acceptors (Lipinski definition) is 2. The average molecular weight is 376 g/mol. The van der Waals surface area contributed by atoms with Crippen molar-refractivity contribution in [3.63, 3.8) is 0 Å². The third kappa shape index (κ3) is 3.98. The van der Waals surface area contributed by atoms with Crippen molar-refractivity contribution in [1.82, 2.24) is 15.1 Å². The molecule has 2 saturated heterocycles. The molecular weight excluding hydrogens is 341 g/mol. The van der Waals surface area contributed by atoms with Crippen LogP contribution in [0.5, 0.6) is 0 Å². The second-order valence-corrected chi connectivity index (χ2v) is 8.53. The molecule has 2 amide bonds. The van der Waals surface area contributed by atoms with Gasteiger partial charge in [0.15, 0.2) is 0 Å². The Morgan fingerprint density at radius 2 is 1.78 bits per heavy atom. The van der Waals surface area contributed by atoms with Crippen molar-refractivity contribution in [3.05, 3.63) is 35.6 Å². The van der Waals surface area contributed by atoms with Gasteiger partial charge in [-0.15, -0.1) is 0 Å². The van der Waals surface area contributed by atoms with Crippen molar-refractivity contribution in [2.45, 2.75) is 71.5 Å². The van der Waals surface area contributed by atoms with Crippen LogP contribution in [-0.2, 0) is 0 Å². The number of carbonyl (C=O) groups is 1. The lowest BCUT2D eigenvalue weighted by Crippen LogP contribution is -2.64. The highest BCUT2D eigenvalue weighted by atomic mass is 19.1. The van der Waals surface area contributed by atoms with E-state index in [2.05, 4.69) is 37.9 Å². The van der Waals surface area contributed by atoms with E-state index in [1.54, 1.807) is 12.1 Å². The van der Waals surface area contributed by atoms with E-state index < -0.39 is 0 Å². The van der Waals surface area contributed by atoms with E-state index in [0.29, 0.717) is 12.1 Å². The van der Waals surface area contributed by atoms with Crippen molar-refractivity contribution in [2.24, 2.45) is 5.41 Å². The molecule has 27 heavy (non-hydrogen) atoms. The largest absolute Gasteiger partial charge is 0.335 e. The van der Waals surface area contributed by atoms with Gasteiger partial charge in [0.25, 0.3) is 0 Å². The first-order chi connectivity index (χ1) is 12.9. The minimum absolute atomic E-state index is 0.0805. The van der Waals surface area contributed by atoms with Crippen LogP contribution in [0.15, 0.2) is 24.3 Å². The molecule has 0 aliphatic carbocycles. The molecule has 2 fully saturated rings. The van der Waals surface area contributed by atoms with Gasteiger partial charge in [-0.2, -0.15) is 0 Å². The fraction of sp³-hybridized carbons (Fsp3) is 0.682. The Bertz CT molecular complexity index is 633. The van der Waals surface area contributed by atoms with Crippen molar-refractivity contribution in [2.75, 3.05) is 19.6 Å². The summed E-state index contributed by atoms with van der Waals surface area (Å²) in [6, 6.07) is 8.13. The summed E-state index contributed by atoms with van der Waals surface area (Å²) < 4.78 is 13.4. The van der Waals surface area contributed by atoms with E-state index in [0.717, 1.165) is 45.3 Å². The Morgan fingerprint density at radius 3 is 2.30 bits per heavy atom. The smallest absolute Gasteiger partial charge is 0.317 e. The zero-order valence-electron chi connectivity index (χ0n) is 17.2. The van der Waals surface area contributed by atoms with Crippen LogP contribution in [-0.4, -0.2) is 47.5 Å². The highest BCUT2D eigenvalue weighted by Crippen LogP contribution is 2.55. The molecule has 3 rings (SSSR count). The summed E-state index contributed by atoms with van der Waals surface area (Å²) >= 11 is 0. The van der Waals surface area contributed by atoms with Crippen LogP contribution in [0.1, 0.15) is 65.0 Å². The zero-order valence-corrected chi connectivity index (χ0v) is 17.2. The average Bonchev–Trinajstić information content (AvgIpc) is 2.66. The minimum atomic E-state index is -0.184. The van der Waals surface area contributed by atoms with Gasteiger partial charge in [0, 0.05) is 43.2 Å². The molecule has 1 spiro atoms. The maximum absolute atomic E-state index is 13.4. The number of hydrogen-bond donors (Lipinski definition) is 1. The van der Waals surface area contributed by atoms with E-state index in [-0.39, 0.29) is 23.3 Å². The van der Waals surface area contributed by atoms with E-state index in [4.69, 9.17) is 0 Å². The Morgan fingerprint density at radius 1 is 1.19 bits per heavy atom. The highest BCUT2D eigenvalue weighted by Gasteiger charge is 2.54. The molecule has 2 aliphatic rings. The Balaban J connectivity index is 1.68. The van der Waals surface area contributed by atoms with Gasteiger partial charge in [0.2, 0.25) is 0 Å². The van der Waals surface area contributed by atoms with Crippen LogP contribution in [0.4, 0.5) is 9.18 Å². The van der Waals surface area contributed by atoms with E-state index in [9.17, 15) is 9.18 Å². The molecule has 1 N–H and O–H groups in total. The number of likely N-dealkylation sites (tertiary alicyclic amines) is 2. The Hall–Kier alpha value is -1.62. The second-order valence-electron chi connectivity index (χ2n) is 8.53. The van der Waals surface area contributed by atoms with Crippen LogP contribution >= 0.6 is 0 Å². The third-order valence-corrected chi connectivity index (χ3v) is 6.62. The van der Waals surface area contributed by atoms with E-state index >= 15 is 0 Å². The fourth-order valence-corrected chi connectivity index (χ4v) is 4.80. The second kappa shape index (κ2) is 8.17. The van der Waals surface area contributed by atoms with Gasteiger partial charge in [-0.05, 0) is 57.2 Å². The molecule has 1 atom stereocenters. The molecule has 0 saturated carbocycles. The molecule has 2 aliphatic heterocycles. The van der Waals surface area contributed by atoms with Crippen LogP contribution in [0.2, 0.25) is 0 Å². The molecule has 0 aromatic heterocycles. The molecule has 1 unspecified atom stereocenters. The SMILES string of the molecule is CCC(CC)NC(=O)N1CCC2(CC1)CN(C(C)C)C2c1ccc(F)cc1. The lowest BCUT2D eigenvalue weighted by molar-refractivity contribution is -0.123. The summed E-state index contributed by atoms with van der Waals surface area (Å²) in [5.41, 5.74) is 1.40. The monoisotopic (exact) mass is 375 g/mol. The number of benzene rings is 1. The van der Waals surface area contributed by atoms with E-state index in [1.807, 2.05) is 17.0 Å². The summed E-state index contributed by atoms with van der Waals surface area (Å²) in [7, 11) is 0. The number of urea groups is 1. The minimum Gasteiger partial charge on any atom is -0.335 e. The van der Waals surface area contributed by atoms with Crippen LogP contribution in [0.3, 0.4) is 0 Å². The number of nitrogens with one attached hydrogen (secondary N) is 1. The number of rotatable bonds is 5. The molecular formula is C22H34FN3O. The summed E-state index contributed by atoms with van der Waals surface area (Å²) in [5, 5.41) is 3.16. The van der Waals surface area contributed by atoms with Gasteiger partial charge >= 0.3 is 6.03 Å². The number of nitrogens with zero attached hydrogens (tertiary/aromatic N) is 2. The predicted molar refractivity (Wildman–Crippen MR) is 107 cm³/mol. The van der Waals surface area contributed by atoms with Gasteiger partial charge in [-0.1, -0.05) is 26.0 Å². The van der Waals surface area contributed by atoms with Gasteiger partial charge in [-0.25, -0.2) is 9.18 Å². The fourth-order valence-electron chi connectivity index (χ4n) is 4.80. The van der Waals surface area contributed by atoms with Gasteiger partial charge in [-0.3, -0.25) is 4.90 Å². The molecule has 1 aromatic carbocycles. The molecule has 0 radical (unpaired) electrons. The zero-order chi connectivity index (χ0) is 19.6.